The van der Waals surface area contributed by atoms with Crippen LogP contribution in [0.1, 0.15) is 15.9 Å². The molecule has 1 heterocycles. The minimum Gasteiger partial charge on any atom is -0.465 e. The number of esters is 1. The molecule has 7 nitrogen and oxygen atoms in total. The third-order valence-corrected chi connectivity index (χ3v) is 5.43. The number of hydrogen-bond donors (Lipinski definition) is 0. The van der Waals surface area contributed by atoms with E-state index >= 15 is 0 Å². The second-order valence-corrected chi connectivity index (χ2v) is 7.09. The van der Waals surface area contributed by atoms with Crippen LogP contribution in [-0.2, 0) is 26.0 Å². The molecule has 0 aliphatic carbocycles. The molecule has 0 atom stereocenters. The average molecular weight is 364 g/mol. The number of benzene rings is 1. The fraction of sp³-hybridized carbons (Fsp3) is 0.294. The first-order valence-electron chi connectivity index (χ1n) is 7.56. The van der Waals surface area contributed by atoms with Gasteiger partial charge in [0.15, 0.2) is 0 Å². The van der Waals surface area contributed by atoms with Gasteiger partial charge in [0.05, 0.1) is 19.3 Å². The van der Waals surface area contributed by atoms with Gasteiger partial charge in [-0.1, -0.05) is 30.3 Å². The number of sulfonamides is 1. The summed E-state index contributed by atoms with van der Waals surface area (Å²) in [6, 6.07) is 10.5. The molecule has 1 aromatic carbocycles. The van der Waals surface area contributed by atoms with Gasteiger partial charge < -0.3 is 9.47 Å². The molecule has 8 heteroatoms. The van der Waals surface area contributed by atoms with Gasteiger partial charge in [0.1, 0.15) is 4.90 Å². The molecule has 0 unspecified atom stereocenters. The zero-order valence-electron chi connectivity index (χ0n) is 14.1. The number of methoxy groups -OCH3 is 2. The maximum Gasteiger partial charge on any atom is 0.339 e. The Kier molecular flexibility index (Phi) is 6.63. The Morgan fingerprint density at radius 2 is 1.88 bits per heavy atom. The van der Waals surface area contributed by atoms with Crippen LogP contribution in [0.4, 0.5) is 0 Å². The highest BCUT2D eigenvalue weighted by Gasteiger charge is 2.29. The Hall–Kier alpha value is -2.29. The van der Waals surface area contributed by atoms with E-state index in [9.17, 15) is 13.2 Å². The molecule has 1 aromatic heterocycles. The number of nitrogens with zero attached hydrogens (tertiary/aromatic N) is 2. The summed E-state index contributed by atoms with van der Waals surface area (Å²) in [5.41, 5.74) is 0.777. The first-order chi connectivity index (χ1) is 12.0. The van der Waals surface area contributed by atoms with E-state index < -0.39 is 16.0 Å². The van der Waals surface area contributed by atoms with Crippen molar-refractivity contribution in [3.63, 3.8) is 0 Å². The van der Waals surface area contributed by atoms with Crippen LogP contribution >= 0.6 is 0 Å². The average Bonchev–Trinajstić information content (AvgIpc) is 2.65. The molecule has 0 fully saturated rings. The fourth-order valence-corrected chi connectivity index (χ4v) is 3.80. The molecule has 0 saturated carbocycles. The number of pyridine rings is 1. The Morgan fingerprint density at radius 3 is 2.52 bits per heavy atom. The summed E-state index contributed by atoms with van der Waals surface area (Å²) >= 11 is 0. The molecule has 0 aliphatic heterocycles. The first kappa shape index (κ1) is 19.0. The minimum absolute atomic E-state index is 0.0482. The second kappa shape index (κ2) is 8.70. The van der Waals surface area contributed by atoms with Crippen LogP contribution in [0.25, 0.3) is 0 Å². The lowest BCUT2D eigenvalue weighted by Crippen LogP contribution is -2.34. The van der Waals surface area contributed by atoms with E-state index in [1.54, 1.807) is 0 Å². The highest BCUT2D eigenvalue weighted by Crippen LogP contribution is 2.22. The van der Waals surface area contributed by atoms with Gasteiger partial charge in [0, 0.05) is 32.6 Å². The van der Waals surface area contributed by atoms with Crippen LogP contribution in [0.3, 0.4) is 0 Å². The van der Waals surface area contributed by atoms with Crippen LogP contribution in [0.2, 0.25) is 0 Å². The lowest BCUT2D eigenvalue weighted by molar-refractivity contribution is 0.0596. The van der Waals surface area contributed by atoms with Gasteiger partial charge in [-0.2, -0.15) is 4.31 Å². The third-order valence-electron chi connectivity index (χ3n) is 3.55. The smallest absolute Gasteiger partial charge is 0.339 e. The summed E-state index contributed by atoms with van der Waals surface area (Å²) in [6.45, 7) is 0.519. The number of ether oxygens (including phenoxy) is 2. The molecule has 0 N–H and O–H groups in total. The summed E-state index contributed by atoms with van der Waals surface area (Å²) in [6.07, 6.45) is 2.51. The van der Waals surface area contributed by atoms with Crippen molar-refractivity contribution in [1.82, 2.24) is 9.29 Å². The van der Waals surface area contributed by atoms with E-state index in [-0.39, 0.29) is 30.2 Å². The maximum absolute atomic E-state index is 13.1. The Balaban J connectivity index is 2.43. The molecular weight excluding hydrogens is 344 g/mol. The van der Waals surface area contributed by atoms with E-state index in [1.165, 1.54) is 30.8 Å². The standard InChI is InChI=1S/C17H20N2O5S/c1-23-11-10-19(13-14-6-4-3-5-7-14)25(21,22)16-12-18-9-8-15(16)17(20)24-2/h3-9,12H,10-11,13H2,1-2H3. The van der Waals surface area contributed by atoms with Crippen molar-refractivity contribution in [3.8, 4) is 0 Å². The third kappa shape index (κ3) is 4.62. The van der Waals surface area contributed by atoms with Crippen LogP contribution in [-0.4, -0.2) is 51.0 Å². The molecule has 0 aliphatic rings. The van der Waals surface area contributed by atoms with Crippen molar-refractivity contribution in [2.45, 2.75) is 11.4 Å². The maximum atomic E-state index is 13.1. The van der Waals surface area contributed by atoms with E-state index in [0.29, 0.717) is 0 Å². The van der Waals surface area contributed by atoms with Crippen LogP contribution in [0.5, 0.6) is 0 Å². The van der Waals surface area contributed by atoms with Gasteiger partial charge in [0.2, 0.25) is 10.0 Å². The van der Waals surface area contributed by atoms with Crippen LogP contribution in [0, 0.1) is 0 Å². The zero-order valence-corrected chi connectivity index (χ0v) is 14.9. The van der Waals surface area contributed by atoms with Crippen molar-refractivity contribution < 1.29 is 22.7 Å². The SMILES string of the molecule is COCCN(Cc1ccccc1)S(=O)(=O)c1cnccc1C(=O)OC. The van der Waals surface area contributed by atoms with Gasteiger partial charge in [-0.25, -0.2) is 13.2 Å². The largest absolute Gasteiger partial charge is 0.465 e. The molecule has 0 bridgehead atoms. The number of carbonyl (C=O) groups excluding carboxylic acids is 1. The van der Waals surface area contributed by atoms with Gasteiger partial charge in [-0.15, -0.1) is 0 Å². The normalized spacial score (nSPS) is 11.5. The van der Waals surface area contributed by atoms with E-state index in [2.05, 4.69) is 9.72 Å². The van der Waals surface area contributed by atoms with Crippen molar-refractivity contribution in [3.05, 3.63) is 59.9 Å². The number of rotatable bonds is 8. The highest BCUT2D eigenvalue weighted by atomic mass is 32.2. The van der Waals surface area contributed by atoms with Crippen molar-refractivity contribution in [2.24, 2.45) is 0 Å². The summed E-state index contributed by atoms with van der Waals surface area (Å²) in [4.78, 5) is 15.6. The van der Waals surface area contributed by atoms with Gasteiger partial charge >= 0.3 is 5.97 Å². The summed E-state index contributed by atoms with van der Waals surface area (Å²) in [5, 5.41) is 0. The van der Waals surface area contributed by atoms with Gasteiger partial charge in [-0.05, 0) is 11.6 Å². The summed E-state index contributed by atoms with van der Waals surface area (Å²) < 4.78 is 37.2. The van der Waals surface area contributed by atoms with Gasteiger partial charge in [0.25, 0.3) is 0 Å². The van der Waals surface area contributed by atoms with Crippen molar-refractivity contribution in [1.29, 1.82) is 0 Å². The molecule has 2 aromatic rings. The van der Waals surface area contributed by atoms with Gasteiger partial charge in [-0.3, -0.25) is 4.98 Å². The molecule has 134 valence electrons. The zero-order chi connectivity index (χ0) is 18.3. The van der Waals surface area contributed by atoms with Crippen LogP contribution < -0.4 is 0 Å². The topological polar surface area (TPSA) is 85.8 Å². The minimum atomic E-state index is -3.97. The fourth-order valence-electron chi connectivity index (χ4n) is 2.27. The van der Waals surface area contributed by atoms with E-state index in [1.807, 2.05) is 30.3 Å². The molecule has 0 radical (unpaired) electrons. The monoisotopic (exact) mass is 364 g/mol. The lowest BCUT2D eigenvalue weighted by atomic mass is 10.2. The Morgan fingerprint density at radius 1 is 1.16 bits per heavy atom. The second-order valence-electron chi connectivity index (χ2n) is 5.18. The highest BCUT2D eigenvalue weighted by molar-refractivity contribution is 7.89. The van der Waals surface area contributed by atoms with E-state index in [0.717, 1.165) is 11.8 Å². The first-order valence-corrected chi connectivity index (χ1v) is 9.00. The molecule has 25 heavy (non-hydrogen) atoms. The molecule has 0 spiro atoms. The molecule has 0 saturated heterocycles. The van der Waals surface area contributed by atoms with Crippen LogP contribution in [0.15, 0.2) is 53.7 Å². The molecular formula is C17H20N2O5S. The summed E-state index contributed by atoms with van der Waals surface area (Å²) in [5.74, 6) is -0.729. The number of hydrogen-bond acceptors (Lipinski definition) is 6. The van der Waals surface area contributed by atoms with Crippen molar-refractivity contribution in [2.75, 3.05) is 27.4 Å². The quantitative estimate of drug-likeness (QED) is 0.663. The summed E-state index contributed by atoms with van der Waals surface area (Å²) in [7, 11) is -1.27. The molecule has 2 rings (SSSR count). The van der Waals surface area contributed by atoms with E-state index in [4.69, 9.17) is 4.74 Å². The Labute approximate surface area is 147 Å². The number of aromatic nitrogens is 1. The predicted octanol–water partition coefficient (Wildman–Crippen LogP) is 1.71. The lowest BCUT2D eigenvalue weighted by Gasteiger charge is -2.22. The van der Waals surface area contributed by atoms with Crippen molar-refractivity contribution >= 4 is 16.0 Å². The molecule has 0 amide bonds. The predicted molar refractivity (Wildman–Crippen MR) is 91.5 cm³/mol. The Bertz CT molecular complexity index is 809. The number of carbonyl (C=O) groups is 1.